The number of aliphatic carboxylic acids is 1. The normalized spacial score (nSPS) is 17.8. The van der Waals surface area contributed by atoms with Gasteiger partial charge in [0.2, 0.25) is 5.91 Å². The first-order valence-electron chi connectivity index (χ1n) is 9.29. The molecule has 1 aromatic carbocycles. The maximum atomic E-state index is 13.9. The molecule has 27 heavy (non-hydrogen) atoms. The first-order chi connectivity index (χ1) is 12.9. The van der Waals surface area contributed by atoms with Crippen molar-refractivity contribution in [1.29, 1.82) is 0 Å². The summed E-state index contributed by atoms with van der Waals surface area (Å²) < 4.78 is 13.9. The van der Waals surface area contributed by atoms with E-state index in [1.54, 1.807) is 4.90 Å². The van der Waals surface area contributed by atoms with Crippen LogP contribution in [0.1, 0.15) is 31.2 Å². The quantitative estimate of drug-likeness (QED) is 0.843. The van der Waals surface area contributed by atoms with Gasteiger partial charge in [-0.3, -0.25) is 9.59 Å². The van der Waals surface area contributed by atoms with Gasteiger partial charge in [0.1, 0.15) is 5.82 Å². The van der Waals surface area contributed by atoms with E-state index in [1.165, 1.54) is 12.1 Å². The van der Waals surface area contributed by atoms with E-state index in [-0.39, 0.29) is 23.4 Å². The van der Waals surface area contributed by atoms with Crippen molar-refractivity contribution in [2.45, 2.75) is 32.1 Å². The number of rotatable bonds is 4. The van der Waals surface area contributed by atoms with Crippen LogP contribution < -0.4 is 5.32 Å². The van der Waals surface area contributed by atoms with E-state index in [9.17, 15) is 18.8 Å². The summed E-state index contributed by atoms with van der Waals surface area (Å²) in [5, 5.41) is 11.4. The van der Waals surface area contributed by atoms with Gasteiger partial charge in [-0.05, 0) is 43.4 Å². The van der Waals surface area contributed by atoms with Gasteiger partial charge >= 0.3 is 12.0 Å². The second kappa shape index (κ2) is 8.37. The Morgan fingerprint density at radius 2 is 1.70 bits per heavy atom. The lowest BCUT2D eigenvalue weighted by molar-refractivity contribution is -0.136. The van der Waals surface area contributed by atoms with E-state index in [2.05, 4.69) is 5.32 Å². The van der Waals surface area contributed by atoms with Crippen molar-refractivity contribution < 1.29 is 23.9 Å². The Labute approximate surface area is 157 Å². The molecule has 2 N–H and O–H groups in total. The van der Waals surface area contributed by atoms with Crippen molar-refractivity contribution in [3.8, 4) is 0 Å². The van der Waals surface area contributed by atoms with Gasteiger partial charge in [0.15, 0.2) is 0 Å². The molecule has 8 heteroatoms. The van der Waals surface area contributed by atoms with Crippen molar-refractivity contribution in [3.63, 3.8) is 0 Å². The Kier molecular flexibility index (Phi) is 5.93. The number of carbonyl (C=O) groups is 3. The summed E-state index contributed by atoms with van der Waals surface area (Å²) in [7, 11) is 0. The molecule has 3 amide bonds. The Morgan fingerprint density at radius 1 is 1.07 bits per heavy atom. The van der Waals surface area contributed by atoms with Crippen LogP contribution in [0.2, 0.25) is 0 Å². The van der Waals surface area contributed by atoms with Gasteiger partial charge in [0, 0.05) is 37.8 Å². The molecule has 2 saturated heterocycles. The molecule has 2 fully saturated rings. The summed E-state index contributed by atoms with van der Waals surface area (Å²) in [6.45, 7) is 2.70. The van der Waals surface area contributed by atoms with E-state index < -0.39 is 18.2 Å². The number of carboxylic acid groups (broad SMARTS) is 1. The molecule has 7 nitrogen and oxygen atoms in total. The Morgan fingerprint density at radius 3 is 2.30 bits per heavy atom. The van der Waals surface area contributed by atoms with Crippen molar-refractivity contribution in [1.82, 2.24) is 9.80 Å². The van der Waals surface area contributed by atoms with E-state index >= 15 is 0 Å². The average Bonchev–Trinajstić information content (AvgIpc) is 3.18. The number of carboxylic acids is 1. The van der Waals surface area contributed by atoms with Gasteiger partial charge in [0.05, 0.1) is 6.42 Å². The minimum absolute atomic E-state index is 0.0578. The average molecular weight is 377 g/mol. The largest absolute Gasteiger partial charge is 0.481 e. The number of piperidine rings is 1. The molecule has 0 saturated carbocycles. The van der Waals surface area contributed by atoms with Crippen molar-refractivity contribution in [2.24, 2.45) is 5.92 Å². The number of likely N-dealkylation sites (tertiary alicyclic amines) is 2. The fourth-order valence-electron chi connectivity index (χ4n) is 3.62. The maximum absolute atomic E-state index is 13.9. The molecule has 0 spiro atoms. The van der Waals surface area contributed by atoms with E-state index in [0.29, 0.717) is 31.6 Å². The number of anilines is 1. The van der Waals surface area contributed by atoms with Gasteiger partial charge in [-0.25, -0.2) is 9.18 Å². The third kappa shape index (κ3) is 4.75. The van der Waals surface area contributed by atoms with Crippen molar-refractivity contribution in [3.05, 3.63) is 29.6 Å². The molecule has 146 valence electrons. The van der Waals surface area contributed by atoms with Crippen LogP contribution in [0.25, 0.3) is 0 Å². The van der Waals surface area contributed by atoms with Gasteiger partial charge in [0.25, 0.3) is 0 Å². The van der Waals surface area contributed by atoms with Gasteiger partial charge in [-0.2, -0.15) is 0 Å². The number of benzene rings is 1. The van der Waals surface area contributed by atoms with Gasteiger partial charge in [-0.15, -0.1) is 0 Å². The van der Waals surface area contributed by atoms with Crippen LogP contribution in [0.15, 0.2) is 18.2 Å². The molecule has 0 aromatic heterocycles. The highest BCUT2D eigenvalue weighted by Gasteiger charge is 2.30. The number of carbonyl (C=O) groups excluding carboxylic acids is 2. The van der Waals surface area contributed by atoms with Gasteiger partial charge < -0.3 is 20.2 Å². The van der Waals surface area contributed by atoms with E-state index in [4.69, 9.17) is 5.11 Å². The highest BCUT2D eigenvalue weighted by molar-refractivity contribution is 5.92. The lowest BCUT2D eigenvalue weighted by Crippen LogP contribution is -2.47. The van der Waals surface area contributed by atoms with E-state index in [1.807, 2.05) is 4.90 Å². The highest BCUT2D eigenvalue weighted by Crippen LogP contribution is 2.22. The molecule has 2 aliphatic heterocycles. The standard InChI is InChI=1S/C19H24FN3O4/c20-16-12-15(4-3-14(16)11-17(24)25)21-18(26)13-5-9-23(10-6-13)19(27)22-7-1-2-8-22/h3-4,12-13H,1-2,5-11H2,(H,21,26)(H,24,25). The number of amides is 3. The van der Waals surface area contributed by atoms with Crippen LogP contribution in [-0.2, 0) is 16.0 Å². The Bertz CT molecular complexity index is 726. The second-order valence-corrected chi connectivity index (χ2v) is 7.10. The molecule has 3 rings (SSSR count). The number of halogens is 1. The molecule has 0 unspecified atom stereocenters. The van der Waals surface area contributed by atoms with Crippen molar-refractivity contribution in [2.75, 3.05) is 31.5 Å². The predicted octanol–water partition coefficient (Wildman–Crippen LogP) is 2.32. The van der Waals surface area contributed by atoms with E-state index in [0.717, 1.165) is 32.0 Å². The van der Waals surface area contributed by atoms with Crippen LogP contribution in [-0.4, -0.2) is 59.0 Å². The van der Waals surface area contributed by atoms with Crippen molar-refractivity contribution >= 4 is 23.6 Å². The fourth-order valence-corrected chi connectivity index (χ4v) is 3.62. The zero-order valence-electron chi connectivity index (χ0n) is 15.1. The smallest absolute Gasteiger partial charge is 0.319 e. The first-order valence-corrected chi connectivity index (χ1v) is 9.29. The lowest BCUT2D eigenvalue weighted by Gasteiger charge is -2.34. The monoisotopic (exact) mass is 377 g/mol. The molecule has 0 aliphatic carbocycles. The maximum Gasteiger partial charge on any atom is 0.319 e. The molecule has 2 heterocycles. The SMILES string of the molecule is O=C(O)Cc1ccc(NC(=O)C2CCN(C(=O)N3CCCC3)CC2)cc1F. The molecular formula is C19H24FN3O4. The number of nitrogens with one attached hydrogen (secondary N) is 1. The predicted molar refractivity (Wildman–Crippen MR) is 96.9 cm³/mol. The molecule has 0 atom stereocenters. The highest BCUT2D eigenvalue weighted by atomic mass is 19.1. The molecule has 1 aromatic rings. The Hall–Kier alpha value is -2.64. The van der Waals surface area contributed by atoms with Gasteiger partial charge in [-0.1, -0.05) is 6.07 Å². The zero-order chi connectivity index (χ0) is 19.4. The van der Waals surface area contributed by atoms with Crippen LogP contribution in [0.5, 0.6) is 0 Å². The summed E-state index contributed by atoms with van der Waals surface area (Å²) in [6.07, 6.45) is 2.85. The third-order valence-corrected chi connectivity index (χ3v) is 5.18. The molecular weight excluding hydrogens is 353 g/mol. The summed E-state index contributed by atoms with van der Waals surface area (Å²) >= 11 is 0. The molecule has 0 radical (unpaired) electrons. The summed E-state index contributed by atoms with van der Waals surface area (Å²) in [4.78, 5) is 39.2. The van der Waals surface area contributed by atoms with Crippen LogP contribution in [0.3, 0.4) is 0 Å². The topological polar surface area (TPSA) is 90.0 Å². The zero-order valence-corrected chi connectivity index (χ0v) is 15.1. The molecule has 2 aliphatic rings. The molecule has 0 bridgehead atoms. The second-order valence-electron chi connectivity index (χ2n) is 7.10. The summed E-state index contributed by atoms with van der Waals surface area (Å²) in [5.41, 5.74) is 0.386. The third-order valence-electron chi connectivity index (χ3n) is 5.18. The number of hydrogen-bond acceptors (Lipinski definition) is 3. The minimum atomic E-state index is -1.11. The first kappa shape index (κ1) is 19.1. The Balaban J connectivity index is 1.51. The summed E-state index contributed by atoms with van der Waals surface area (Å²) in [5.74, 6) is -2.19. The minimum Gasteiger partial charge on any atom is -0.481 e. The number of hydrogen-bond donors (Lipinski definition) is 2. The fraction of sp³-hybridized carbons (Fsp3) is 0.526. The lowest BCUT2D eigenvalue weighted by atomic mass is 9.96. The van der Waals surface area contributed by atoms with Crippen LogP contribution in [0.4, 0.5) is 14.9 Å². The van der Waals surface area contributed by atoms with Crippen LogP contribution >= 0.6 is 0 Å². The number of nitrogens with zero attached hydrogens (tertiary/aromatic N) is 2. The number of urea groups is 1. The summed E-state index contributed by atoms with van der Waals surface area (Å²) in [6, 6.07) is 4.08. The van der Waals surface area contributed by atoms with Crippen LogP contribution in [0, 0.1) is 11.7 Å².